The number of carbonyl (C=O) groups is 2. The van der Waals surface area contributed by atoms with Gasteiger partial charge < -0.3 is 0 Å². The monoisotopic (exact) mass is 198 g/mol. The maximum absolute atomic E-state index is 11.5. The molecule has 0 aliphatic carbocycles. The van der Waals surface area contributed by atoms with Gasteiger partial charge in [0.1, 0.15) is 11.6 Å². The van der Waals surface area contributed by atoms with Gasteiger partial charge in [-0.15, -0.1) is 0 Å². The molecule has 0 amide bonds. The van der Waals surface area contributed by atoms with Gasteiger partial charge in [-0.05, 0) is 19.3 Å². The van der Waals surface area contributed by atoms with Crippen molar-refractivity contribution in [2.24, 2.45) is 16.7 Å². The molecule has 2 heteroatoms. The number of Topliss-reactive ketones (excluding diaryl/α,β-unsaturated/α-hetero) is 2. The molecule has 82 valence electrons. The van der Waals surface area contributed by atoms with Gasteiger partial charge in [0.25, 0.3) is 0 Å². The Hall–Kier alpha value is -0.660. The molecular formula is C12H22O2. The highest BCUT2D eigenvalue weighted by molar-refractivity contribution is 5.85. The van der Waals surface area contributed by atoms with Crippen molar-refractivity contribution in [1.82, 2.24) is 0 Å². The third-order valence-electron chi connectivity index (χ3n) is 4.18. The molecule has 0 aliphatic heterocycles. The summed E-state index contributed by atoms with van der Waals surface area (Å²) in [6, 6.07) is 0. The summed E-state index contributed by atoms with van der Waals surface area (Å²) in [6.45, 7) is 12.9. The molecule has 1 unspecified atom stereocenters. The van der Waals surface area contributed by atoms with Gasteiger partial charge in [-0.2, -0.15) is 0 Å². The minimum atomic E-state index is -0.460. The highest BCUT2D eigenvalue weighted by atomic mass is 16.1. The lowest BCUT2D eigenvalue weighted by Crippen LogP contribution is -2.44. The van der Waals surface area contributed by atoms with Crippen LogP contribution in [0.25, 0.3) is 0 Å². The molecule has 0 heterocycles. The van der Waals surface area contributed by atoms with Crippen molar-refractivity contribution in [3.8, 4) is 0 Å². The van der Waals surface area contributed by atoms with E-state index in [1.807, 2.05) is 34.6 Å². The van der Waals surface area contributed by atoms with Crippen molar-refractivity contribution < 1.29 is 9.59 Å². The van der Waals surface area contributed by atoms with Crippen LogP contribution in [0.1, 0.15) is 48.5 Å². The lowest BCUT2D eigenvalue weighted by molar-refractivity contribution is -0.137. The third kappa shape index (κ3) is 2.05. The number of hydrogen-bond acceptors (Lipinski definition) is 2. The predicted octanol–water partition coefficient (Wildman–Crippen LogP) is 2.85. The molecule has 0 N–H and O–H groups in total. The van der Waals surface area contributed by atoms with Crippen LogP contribution in [0.2, 0.25) is 0 Å². The molecule has 14 heavy (non-hydrogen) atoms. The van der Waals surface area contributed by atoms with Crippen LogP contribution in [0.15, 0.2) is 0 Å². The van der Waals surface area contributed by atoms with Crippen molar-refractivity contribution in [2.45, 2.75) is 48.5 Å². The van der Waals surface area contributed by atoms with Crippen LogP contribution >= 0.6 is 0 Å². The van der Waals surface area contributed by atoms with Gasteiger partial charge >= 0.3 is 0 Å². The molecule has 0 radical (unpaired) electrons. The molecule has 0 bridgehead atoms. The molecule has 0 fully saturated rings. The average molecular weight is 198 g/mol. The third-order valence-corrected chi connectivity index (χ3v) is 4.18. The van der Waals surface area contributed by atoms with Crippen molar-refractivity contribution in [3.63, 3.8) is 0 Å². The van der Waals surface area contributed by atoms with Gasteiger partial charge in [-0.1, -0.05) is 34.6 Å². The standard InChI is InChI=1S/C12H22O2/c1-8(9(2)13)11(4,5)12(6,7)10(3)14/h8H,1-7H3. The fraction of sp³-hybridized carbons (Fsp3) is 0.833. The first-order chi connectivity index (χ1) is 6.05. The van der Waals surface area contributed by atoms with Crippen molar-refractivity contribution in [3.05, 3.63) is 0 Å². The highest BCUT2D eigenvalue weighted by Gasteiger charge is 2.45. The molecule has 0 aromatic rings. The summed E-state index contributed by atoms with van der Waals surface area (Å²) >= 11 is 0. The summed E-state index contributed by atoms with van der Waals surface area (Å²) in [7, 11) is 0. The molecule has 0 aromatic carbocycles. The summed E-state index contributed by atoms with van der Waals surface area (Å²) in [4.78, 5) is 22.9. The van der Waals surface area contributed by atoms with E-state index < -0.39 is 5.41 Å². The van der Waals surface area contributed by atoms with Gasteiger partial charge in [0, 0.05) is 11.3 Å². The SMILES string of the molecule is CC(=O)C(C)C(C)(C)C(C)(C)C(C)=O. The maximum Gasteiger partial charge on any atom is 0.135 e. The zero-order chi connectivity index (χ0) is 11.7. The summed E-state index contributed by atoms with van der Waals surface area (Å²) in [5, 5.41) is 0. The molecule has 1 atom stereocenters. The summed E-state index contributed by atoms with van der Waals surface area (Å²) in [5.41, 5.74) is -0.761. The van der Waals surface area contributed by atoms with Gasteiger partial charge in [0.2, 0.25) is 0 Å². The number of hydrogen-bond donors (Lipinski definition) is 0. The first-order valence-electron chi connectivity index (χ1n) is 5.06. The average Bonchev–Trinajstić information content (AvgIpc) is 2.01. The molecule has 2 nitrogen and oxygen atoms in total. The second-order valence-corrected chi connectivity index (χ2v) is 5.24. The van der Waals surface area contributed by atoms with Crippen molar-refractivity contribution in [2.75, 3.05) is 0 Å². The van der Waals surface area contributed by atoms with Gasteiger partial charge in [-0.3, -0.25) is 9.59 Å². The Balaban J connectivity index is 5.13. The van der Waals surface area contributed by atoms with Crippen LogP contribution < -0.4 is 0 Å². The van der Waals surface area contributed by atoms with Gasteiger partial charge in [0.15, 0.2) is 0 Å². The summed E-state index contributed by atoms with van der Waals surface area (Å²) in [6.07, 6.45) is 0. The van der Waals surface area contributed by atoms with E-state index in [4.69, 9.17) is 0 Å². The fourth-order valence-electron chi connectivity index (χ4n) is 1.50. The minimum Gasteiger partial charge on any atom is -0.300 e. The zero-order valence-electron chi connectivity index (χ0n) is 10.4. The Morgan fingerprint density at radius 1 is 1.00 bits per heavy atom. The zero-order valence-corrected chi connectivity index (χ0v) is 10.4. The Morgan fingerprint density at radius 3 is 1.57 bits per heavy atom. The highest BCUT2D eigenvalue weighted by Crippen LogP contribution is 2.45. The molecule has 0 saturated carbocycles. The quantitative estimate of drug-likeness (QED) is 0.696. The van der Waals surface area contributed by atoms with Crippen LogP contribution in [-0.4, -0.2) is 11.6 Å². The largest absolute Gasteiger partial charge is 0.300 e. The molecule has 0 aromatic heterocycles. The first-order valence-corrected chi connectivity index (χ1v) is 5.06. The second-order valence-electron chi connectivity index (χ2n) is 5.24. The van der Waals surface area contributed by atoms with E-state index in [1.54, 1.807) is 13.8 Å². The van der Waals surface area contributed by atoms with E-state index in [0.717, 1.165) is 0 Å². The van der Waals surface area contributed by atoms with Crippen LogP contribution in [0.5, 0.6) is 0 Å². The van der Waals surface area contributed by atoms with Crippen LogP contribution in [-0.2, 0) is 9.59 Å². The first kappa shape index (κ1) is 13.3. The lowest BCUT2D eigenvalue weighted by atomic mass is 9.59. The smallest absolute Gasteiger partial charge is 0.135 e. The molecule has 0 saturated heterocycles. The van der Waals surface area contributed by atoms with Crippen molar-refractivity contribution >= 4 is 11.6 Å². The van der Waals surface area contributed by atoms with Gasteiger partial charge in [-0.25, -0.2) is 0 Å². The second kappa shape index (κ2) is 3.84. The van der Waals surface area contributed by atoms with Crippen LogP contribution in [0.4, 0.5) is 0 Å². The van der Waals surface area contributed by atoms with Crippen LogP contribution in [0, 0.1) is 16.7 Å². The Morgan fingerprint density at radius 2 is 1.36 bits per heavy atom. The van der Waals surface area contributed by atoms with E-state index in [2.05, 4.69) is 0 Å². The van der Waals surface area contributed by atoms with Crippen molar-refractivity contribution in [1.29, 1.82) is 0 Å². The Bertz CT molecular complexity index is 249. The van der Waals surface area contributed by atoms with E-state index >= 15 is 0 Å². The fourth-order valence-corrected chi connectivity index (χ4v) is 1.50. The normalized spacial score (nSPS) is 15.1. The molecule has 0 aliphatic rings. The van der Waals surface area contributed by atoms with E-state index in [1.165, 1.54) is 0 Å². The number of rotatable bonds is 4. The van der Waals surface area contributed by atoms with Gasteiger partial charge in [0.05, 0.1) is 0 Å². The summed E-state index contributed by atoms with van der Waals surface area (Å²) in [5.74, 6) is 0.182. The topological polar surface area (TPSA) is 34.1 Å². The molecule has 0 rings (SSSR count). The molecular weight excluding hydrogens is 176 g/mol. The number of carbonyl (C=O) groups excluding carboxylic acids is 2. The van der Waals surface area contributed by atoms with E-state index in [9.17, 15) is 9.59 Å². The Labute approximate surface area is 87.1 Å². The van der Waals surface area contributed by atoms with E-state index in [-0.39, 0.29) is 22.9 Å². The predicted molar refractivity (Wildman–Crippen MR) is 58.1 cm³/mol. The van der Waals surface area contributed by atoms with E-state index in [0.29, 0.717) is 0 Å². The summed E-state index contributed by atoms with van der Waals surface area (Å²) < 4.78 is 0. The Kier molecular flexibility index (Phi) is 3.65. The molecule has 0 spiro atoms. The maximum atomic E-state index is 11.5. The minimum absolute atomic E-state index is 0.0959. The lowest BCUT2D eigenvalue weighted by Gasteiger charge is -2.43. The number of ketones is 2. The van der Waals surface area contributed by atoms with Crippen LogP contribution in [0.3, 0.4) is 0 Å².